The van der Waals surface area contributed by atoms with Gasteiger partial charge in [0.15, 0.2) is 0 Å². The molecular formula is C17H26N2O3. The number of nitrogens with one attached hydrogen (secondary N) is 2. The van der Waals surface area contributed by atoms with Gasteiger partial charge in [0.1, 0.15) is 5.75 Å². The minimum absolute atomic E-state index is 0.0224. The summed E-state index contributed by atoms with van der Waals surface area (Å²) in [7, 11) is 1.64. The van der Waals surface area contributed by atoms with Crippen LogP contribution < -0.4 is 15.4 Å². The lowest BCUT2D eigenvalue weighted by Crippen LogP contribution is -2.41. The van der Waals surface area contributed by atoms with Crippen molar-refractivity contribution in [3.63, 3.8) is 0 Å². The van der Waals surface area contributed by atoms with E-state index in [1.807, 2.05) is 31.2 Å². The van der Waals surface area contributed by atoms with Gasteiger partial charge in [-0.1, -0.05) is 25.5 Å². The third kappa shape index (κ3) is 4.91. The molecular weight excluding hydrogens is 280 g/mol. The minimum Gasteiger partial charge on any atom is -0.497 e. The van der Waals surface area contributed by atoms with Crippen LogP contribution in [0.5, 0.6) is 5.75 Å². The minimum atomic E-state index is -0.476. The molecule has 3 N–H and O–H groups in total. The monoisotopic (exact) mass is 306 g/mol. The van der Waals surface area contributed by atoms with Gasteiger partial charge in [-0.25, -0.2) is 4.79 Å². The van der Waals surface area contributed by atoms with Crippen molar-refractivity contribution in [1.29, 1.82) is 0 Å². The SMILES string of the molecule is CCCC(O)CNC(=O)NC(c1ccc(OC)cc1)C1CC1. The molecule has 2 atom stereocenters. The first kappa shape index (κ1) is 16.6. The quantitative estimate of drug-likeness (QED) is 0.691. The number of benzene rings is 1. The number of amides is 2. The van der Waals surface area contributed by atoms with E-state index in [9.17, 15) is 9.90 Å². The van der Waals surface area contributed by atoms with E-state index in [1.165, 1.54) is 0 Å². The van der Waals surface area contributed by atoms with Crippen LogP contribution in [-0.4, -0.2) is 30.9 Å². The highest BCUT2D eigenvalue weighted by Crippen LogP contribution is 2.41. The number of aliphatic hydroxyl groups is 1. The van der Waals surface area contributed by atoms with Crippen molar-refractivity contribution in [2.45, 2.75) is 44.8 Å². The summed E-state index contributed by atoms with van der Waals surface area (Å²) in [5.41, 5.74) is 1.09. The van der Waals surface area contributed by atoms with Crippen molar-refractivity contribution in [3.8, 4) is 5.75 Å². The largest absolute Gasteiger partial charge is 0.497 e. The van der Waals surface area contributed by atoms with Crippen LogP contribution in [0.3, 0.4) is 0 Å². The zero-order chi connectivity index (χ0) is 15.9. The van der Waals surface area contributed by atoms with E-state index in [0.29, 0.717) is 18.9 Å². The van der Waals surface area contributed by atoms with E-state index in [-0.39, 0.29) is 12.1 Å². The molecule has 0 aliphatic heterocycles. The normalized spacial score (nSPS) is 16.7. The van der Waals surface area contributed by atoms with Gasteiger partial charge in [0.05, 0.1) is 19.3 Å². The molecule has 0 saturated heterocycles. The molecule has 0 aromatic heterocycles. The molecule has 0 radical (unpaired) electrons. The molecule has 2 amide bonds. The third-order valence-electron chi connectivity index (χ3n) is 3.98. The molecule has 1 aromatic carbocycles. The summed E-state index contributed by atoms with van der Waals surface area (Å²) in [4.78, 5) is 12.0. The second-order valence-corrected chi connectivity index (χ2v) is 5.89. The van der Waals surface area contributed by atoms with E-state index >= 15 is 0 Å². The second-order valence-electron chi connectivity index (χ2n) is 5.89. The van der Waals surface area contributed by atoms with Crippen LogP contribution >= 0.6 is 0 Å². The topological polar surface area (TPSA) is 70.6 Å². The van der Waals surface area contributed by atoms with E-state index < -0.39 is 6.10 Å². The Morgan fingerprint density at radius 3 is 2.59 bits per heavy atom. The van der Waals surface area contributed by atoms with Crippen LogP contribution in [0, 0.1) is 5.92 Å². The van der Waals surface area contributed by atoms with Gasteiger partial charge in [-0.2, -0.15) is 0 Å². The lowest BCUT2D eigenvalue weighted by molar-refractivity contribution is 0.159. The molecule has 122 valence electrons. The van der Waals surface area contributed by atoms with Crippen LogP contribution in [0.2, 0.25) is 0 Å². The van der Waals surface area contributed by atoms with Gasteiger partial charge in [0, 0.05) is 6.54 Å². The predicted octanol–water partition coefficient (Wildman–Crippen LogP) is 2.61. The Hall–Kier alpha value is -1.75. The number of urea groups is 1. The predicted molar refractivity (Wildman–Crippen MR) is 85.9 cm³/mol. The van der Waals surface area contributed by atoms with E-state index in [4.69, 9.17) is 4.74 Å². The Balaban J connectivity index is 1.89. The van der Waals surface area contributed by atoms with Gasteiger partial charge in [-0.3, -0.25) is 0 Å². The summed E-state index contributed by atoms with van der Waals surface area (Å²) >= 11 is 0. The lowest BCUT2D eigenvalue weighted by Gasteiger charge is -2.20. The third-order valence-corrected chi connectivity index (χ3v) is 3.98. The van der Waals surface area contributed by atoms with E-state index in [2.05, 4.69) is 10.6 Å². The molecule has 1 aliphatic carbocycles. The van der Waals surface area contributed by atoms with Crippen LogP contribution in [0.25, 0.3) is 0 Å². The van der Waals surface area contributed by atoms with E-state index in [1.54, 1.807) is 7.11 Å². The molecule has 1 aromatic rings. The Morgan fingerprint density at radius 2 is 2.05 bits per heavy atom. The number of rotatable bonds is 8. The number of carbonyl (C=O) groups excluding carboxylic acids is 1. The highest BCUT2D eigenvalue weighted by molar-refractivity contribution is 5.74. The maximum Gasteiger partial charge on any atom is 0.315 e. The number of hydrogen-bond acceptors (Lipinski definition) is 3. The number of methoxy groups -OCH3 is 1. The van der Waals surface area contributed by atoms with Gasteiger partial charge in [-0.05, 0) is 42.9 Å². The van der Waals surface area contributed by atoms with Crippen LogP contribution in [0.1, 0.15) is 44.2 Å². The van der Waals surface area contributed by atoms with Gasteiger partial charge in [0.25, 0.3) is 0 Å². The molecule has 0 spiro atoms. The average molecular weight is 306 g/mol. The Morgan fingerprint density at radius 1 is 1.36 bits per heavy atom. The fraction of sp³-hybridized carbons (Fsp3) is 0.588. The number of aliphatic hydroxyl groups excluding tert-OH is 1. The number of ether oxygens (including phenoxy) is 1. The van der Waals surface area contributed by atoms with Crippen molar-refractivity contribution in [3.05, 3.63) is 29.8 Å². The van der Waals surface area contributed by atoms with Crippen LogP contribution in [0.4, 0.5) is 4.79 Å². The molecule has 5 heteroatoms. The maximum atomic E-state index is 12.0. The van der Waals surface area contributed by atoms with Gasteiger partial charge in [-0.15, -0.1) is 0 Å². The smallest absolute Gasteiger partial charge is 0.315 e. The Labute approximate surface area is 132 Å². The zero-order valence-electron chi connectivity index (χ0n) is 13.3. The van der Waals surface area contributed by atoms with Crippen molar-refractivity contribution in [2.75, 3.05) is 13.7 Å². The summed E-state index contributed by atoms with van der Waals surface area (Å²) in [5, 5.41) is 15.4. The lowest BCUT2D eigenvalue weighted by atomic mass is 10.0. The van der Waals surface area contributed by atoms with Crippen LogP contribution in [-0.2, 0) is 0 Å². The molecule has 1 fully saturated rings. The van der Waals surface area contributed by atoms with Crippen molar-refractivity contribution in [2.24, 2.45) is 5.92 Å². The van der Waals surface area contributed by atoms with Gasteiger partial charge < -0.3 is 20.5 Å². The summed E-state index contributed by atoms with van der Waals surface area (Å²) in [6.07, 6.45) is 3.40. The molecule has 0 bridgehead atoms. The van der Waals surface area contributed by atoms with Crippen LogP contribution in [0.15, 0.2) is 24.3 Å². The fourth-order valence-electron chi connectivity index (χ4n) is 2.55. The summed E-state index contributed by atoms with van der Waals surface area (Å²) in [5.74, 6) is 1.31. The highest BCUT2D eigenvalue weighted by Gasteiger charge is 2.33. The van der Waals surface area contributed by atoms with E-state index in [0.717, 1.165) is 30.6 Å². The fourth-order valence-corrected chi connectivity index (χ4v) is 2.55. The van der Waals surface area contributed by atoms with Gasteiger partial charge in [0.2, 0.25) is 0 Å². The molecule has 0 heterocycles. The first-order valence-corrected chi connectivity index (χ1v) is 8.00. The summed E-state index contributed by atoms with van der Waals surface area (Å²) < 4.78 is 5.17. The Bertz CT molecular complexity index is 471. The highest BCUT2D eigenvalue weighted by atomic mass is 16.5. The molecule has 2 rings (SSSR count). The Kier molecular flexibility index (Phi) is 6.07. The second kappa shape index (κ2) is 8.03. The molecule has 2 unspecified atom stereocenters. The van der Waals surface area contributed by atoms with Crippen molar-refractivity contribution < 1.29 is 14.6 Å². The van der Waals surface area contributed by atoms with Crippen molar-refractivity contribution in [1.82, 2.24) is 10.6 Å². The van der Waals surface area contributed by atoms with Gasteiger partial charge >= 0.3 is 6.03 Å². The zero-order valence-corrected chi connectivity index (χ0v) is 13.3. The first-order chi connectivity index (χ1) is 10.6. The molecule has 1 aliphatic rings. The summed E-state index contributed by atoms with van der Waals surface area (Å²) in [6.45, 7) is 2.30. The number of carbonyl (C=O) groups is 1. The molecule has 22 heavy (non-hydrogen) atoms. The first-order valence-electron chi connectivity index (χ1n) is 8.00. The average Bonchev–Trinajstić information content (AvgIpc) is 3.36. The number of hydrogen-bond donors (Lipinski definition) is 3. The van der Waals surface area contributed by atoms with Crippen molar-refractivity contribution >= 4 is 6.03 Å². The summed E-state index contributed by atoms with van der Waals surface area (Å²) in [6, 6.07) is 7.62. The molecule has 1 saturated carbocycles. The maximum absolute atomic E-state index is 12.0. The molecule has 5 nitrogen and oxygen atoms in total. The standard InChI is InChI=1S/C17H26N2O3/c1-3-4-14(20)11-18-17(21)19-16(12-5-6-12)13-7-9-15(22-2)10-8-13/h7-10,12,14,16,20H,3-6,11H2,1-2H3,(H2,18,19,21).